The molecule has 7 nitrogen and oxygen atoms in total. The van der Waals surface area contributed by atoms with E-state index < -0.39 is 0 Å². The summed E-state index contributed by atoms with van der Waals surface area (Å²) in [6.07, 6.45) is 17.7. The van der Waals surface area contributed by atoms with Crippen LogP contribution in [-0.2, 0) is 0 Å². The van der Waals surface area contributed by atoms with E-state index >= 15 is 0 Å². The number of aliphatic hydroxyl groups is 2. The predicted octanol–water partition coefficient (Wildman–Crippen LogP) is 2.74. The van der Waals surface area contributed by atoms with E-state index in [1.54, 1.807) is 0 Å². The van der Waals surface area contributed by atoms with E-state index in [0.29, 0.717) is 24.9 Å². The van der Waals surface area contributed by atoms with Gasteiger partial charge in [0.05, 0.1) is 18.5 Å². The summed E-state index contributed by atoms with van der Waals surface area (Å²) >= 11 is 0. The molecule has 2 aliphatic carbocycles. The summed E-state index contributed by atoms with van der Waals surface area (Å²) in [5, 5.41) is 23.9. The number of amides is 2. The molecule has 0 aromatic carbocycles. The van der Waals surface area contributed by atoms with Crippen molar-refractivity contribution < 1.29 is 15.0 Å². The zero-order valence-electron chi connectivity index (χ0n) is 18.0. The minimum absolute atomic E-state index is 0.00940. The van der Waals surface area contributed by atoms with Gasteiger partial charge in [-0.1, -0.05) is 24.3 Å². The second-order valence-electron chi connectivity index (χ2n) is 9.75. The molecule has 0 spiro atoms. The highest BCUT2D eigenvalue weighted by Crippen LogP contribution is 2.47. The van der Waals surface area contributed by atoms with Gasteiger partial charge in [0.1, 0.15) is 0 Å². The molecule has 2 unspecified atom stereocenters. The van der Waals surface area contributed by atoms with Crippen LogP contribution in [0.15, 0.2) is 36.8 Å². The lowest BCUT2D eigenvalue weighted by Crippen LogP contribution is -2.49. The number of fused-ring (bicyclic) bond motifs is 3. The summed E-state index contributed by atoms with van der Waals surface area (Å²) < 4.78 is 2.25. The highest BCUT2D eigenvalue weighted by atomic mass is 16.3. The number of imidazole rings is 1. The van der Waals surface area contributed by atoms with Crippen LogP contribution in [0.1, 0.15) is 62.6 Å². The molecule has 3 N–H and O–H groups in total. The van der Waals surface area contributed by atoms with Crippen LogP contribution in [0.25, 0.3) is 0 Å². The lowest BCUT2D eigenvalue weighted by atomic mass is 9.80. The van der Waals surface area contributed by atoms with Gasteiger partial charge in [0.15, 0.2) is 0 Å². The lowest BCUT2D eigenvalue weighted by molar-refractivity contribution is 0.0463. The van der Waals surface area contributed by atoms with Gasteiger partial charge in [-0.3, -0.25) is 0 Å². The third kappa shape index (κ3) is 4.17. The Kier molecular flexibility index (Phi) is 5.89. The largest absolute Gasteiger partial charge is 0.393 e. The molecule has 0 bridgehead atoms. The van der Waals surface area contributed by atoms with Gasteiger partial charge in [0.25, 0.3) is 0 Å². The van der Waals surface area contributed by atoms with Crippen LogP contribution >= 0.6 is 0 Å². The number of nitrogens with zero attached hydrogens (tertiary/aromatic N) is 3. The number of aliphatic hydroxyl groups excluding tert-OH is 2. The van der Waals surface area contributed by atoms with Crippen molar-refractivity contribution in [1.29, 1.82) is 0 Å². The molecule has 168 valence electrons. The predicted molar refractivity (Wildman–Crippen MR) is 117 cm³/mol. The van der Waals surface area contributed by atoms with Crippen molar-refractivity contribution in [3.8, 4) is 0 Å². The molecule has 0 radical (unpaired) electrons. The van der Waals surface area contributed by atoms with Crippen LogP contribution < -0.4 is 5.32 Å². The molecule has 31 heavy (non-hydrogen) atoms. The molecule has 2 amide bonds. The van der Waals surface area contributed by atoms with Crippen molar-refractivity contribution in [2.75, 3.05) is 13.1 Å². The fourth-order valence-electron chi connectivity index (χ4n) is 6.01. The molecule has 2 fully saturated rings. The first-order valence-corrected chi connectivity index (χ1v) is 11.9. The number of rotatable bonds is 4. The van der Waals surface area contributed by atoms with Gasteiger partial charge in [0.2, 0.25) is 0 Å². The number of hydrogen-bond donors (Lipinski definition) is 3. The number of carbonyl (C=O) groups is 1. The van der Waals surface area contributed by atoms with Gasteiger partial charge in [0, 0.05) is 48.9 Å². The molecular formula is C24H34N4O3. The van der Waals surface area contributed by atoms with E-state index in [1.807, 2.05) is 17.4 Å². The Labute approximate surface area is 183 Å². The van der Waals surface area contributed by atoms with Crippen LogP contribution in [0.2, 0.25) is 0 Å². The second kappa shape index (κ2) is 8.79. The summed E-state index contributed by atoms with van der Waals surface area (Å²) in [4.78, 5) is 18.9. The van der Waals surface area contributed by atoms with Crippen LogP contribution in [0.3, 0.4) is 0 Å². The van der Waals surface area contributed by atoms with Crippen LogP contribution in [-0.4, -0.2) is 62.0 Å². The van der Waals surface area contributed by atoms with Gasteiger partial charge in [-0.2, -0.15) is 0 Å². The average Bonchev–Trinajstić information content (AvgIpc) is 3.38. The number of likely N-dealkylation sites (tertiary alicyclic amines) is 1. The van der Waals surface area contributed by atoms with Crippen molar-refractivity contribution in [1.82, 2.24) is 19.8 Å². The normalized spacial score (nSPS) is 33.7. The minimum atomic E-state index is -0.372. The first kappa shape index (κ1) is 20.8. The highest BCUT2D eigenvalue weighted by Gasteiger charge is 2.41. The van der Waals surface area contributed by atoms with Gasteiger partial charge >= 0.3 is 6.03 Å². The Morgan fingerprint density at radius 3 is 2.65 bits per heavy atom. The van der Waals surface area contributed by atoms with E-state index in [4.69, 9.17) is 0 Å². The van der Waals surface area contributed by atoms with E-state index in [0.717, 1.165) is 44.9 Å². The number of aromatic nitrogens is 2. The van der Waals surface area contributed by atoms with Gasteiger partial charge in [-0.15, -0.1) is 0 Å². The molecule has 1 aromatic rings. The Balaban J connectivity index is 1.13. The van der Waals surface area contributed by atoms with E-state index in [2.05, 4.69) is 39.2 Å². The lowest BCUT2D eigenvalue weighted by Gasteiger charge is -2.37. The van der Waals surface area contributed by atoms with E-state index in [9.17, 15) is 15.0 Å². The van der Waals surface area contributed by atoms with Crippen LogP contribution in [0, 0.1) is 11.8 Å². The third-order valence-corrected chi connectivity index (χ3v) is 7.89. The first-order valence-electron chi connectivity index (χ1n) is 11.9. The summed E-state index contributed by atoms with van der Waals surface area (Å²) in [5.74, 6) is 0.969. The monoisotopic (exact) mass is 426 g/mol. The fraction of sp³-hybridized carbons (Fsp3) is 0.667. The standard InChI is InChI=1S/C24H34N4O3/c29-18-7-5-17(6-8-18)26-24(31)27-11-9-16(10-12-27)23(30)13-21-19-3-1-2-4-20(19)22-14-25-15-28(21)22/h1-4,14-21,23,29-30H,5-13H2,(H,26,31)/t17?,18?,19?,20?,21-,23-/m0/s1. The maximum Gasteiger partial charge on any atom is 0.317 e. The summed E-state index contributed by atoms with van der Waals surface area (Å²) in [6, 6.07) is 0.424. The Bertz CT molecular complexity index is 834. The number of carbonyl (C=O) groups excluding carboxylic acids is 1. The van der Waals surface area contributed by atoms with E-state index in [1.165, 1.54) is 5.69 Å². The fourth-order valence-corrected chi connectivity index (χ4v) is 6.01. The zero-order valence-corrected chi connectivity index (χ0v) is 18.0. The maximum absolute atomic E-state index is 12.6. The Hall–Kier alpha value is -2.12. The summed E-state index contributed by atoms with van der Waals surface area (Å²) in [5.41, 5.74) is 1.24. The highest BCUT2D eigenvalue weighted by molar-refractivity contribution is 5.74. The molecule has 1 saturated heterocycles. The number of urea groups is 1. The smallest absolute Gasteiger partial charge is 0.317 e. The Morgan fingerprint density at radius 2 is 1.87 bits per heavy atom. The quantitative estimate of drug-likeness (QED) is 0.691. The third-order valence-electron chi connectivity index (χ3n) is 7.89. The molecule has 4 atom stereocenters. The van der Waals surface area contributed by atoms with Crippen molar-refractivity contribution in [3.63, 3.8) is 0 Å². The molecule has 7 heteroatoms. The molecule has 5 rings (SSSR count). The second-order valence-corrected chi connectivity index (χ2v) is 9.75. The van der Waals surface area contributed by atoms with E-state index in [-0.39, 0.29) is 36.2 Å². The van der Waals surface area contributed by atoms with Crippen molar-refractivity contribution >= 4 is 6.03 Å². The molecule has 1 aromatic heterocycles. The van der Waals surface area contributed by atoms with Crippen LogP contribution in [0.4, 0.5) is 4.79 Å². The van der Waals surface area contributed by atoms with Crippen LogP contribution in [0.5, 0.6) is 0 Å². The van der Waals surface area contributed by atoms with Crippen molar-refractivity contribution in [3.05, 3.63) is 42.5 Å². The number of nitrogens with one attached hydrogen (secondary N) is 1. The van der Waals surface area contributed by atoms with Crippen molar-refractivity contribution in [2.45, 2.75) is 75.2 Å². The zero-order chi connectivity index (χ0) is 21.4. The summed E-state index contributed by atoms with van der Waals surface area (Å²) in [6.45, 7) is 1.39. The molecule has 4 aliphatic rings. The molecule has 1 saturated carbocycles. The topological polar surface area (TPSA) is 90.6 Å². The number of hydrogen-bond acceptors (Lipinski definition) is 4. The number of allylic oxidation sites excluding steroid dienone is 4. The molecule has 2 aliphatic heterocycles. The SMILES string of the molecule is O=C(NC1CCC(O)CC1)N1CCC([C@@H](O)C[C@H]2C3C=CC=CC3c3cncn32)CC1. The Morgan fingerprint density at radius 1 is 1.13 bits per heavy atom. The average molecular weight is 427 g/mol. The maximum atomic E-state index is 12.6. The number of piperidine rings is 1. The molecular weight excluding hydrogens is 392 g/mol. The van der Waals surface area contributed by atoms with Gasteiger partial charge < -0.3 is 25.0 Å². The molecule has 3 heterocycles. The van der Waals surface area contributed by atoms with Gasteiger partial charge in [-0.25, -0.2) is 9.78 Å². The van der Waals surface area contributed by atoms with Gasteiger partial charge in [-0.05, 0) is 50.9 Å². The first-order chi connectivity index (χ1) is 15.1. The van der Waals surface area contributed by atoms with Crippen molar-refractivity contribution in [2.24, 2.45) is 11.8 Å². The minimum Gasteiger partial charge on any atom is -0.393 e. The summed E-state index contributed by atoms with van der Waals surface area (Å²) in [7, 11) is 0.